The predicted octanol–water partition coefficient (Wildman–Crippen LogP) is 18.7. The van der Waals surface area contributed by atoms with Gasteiger partial charge in [-0.2, -0.15) is 0 Å². The van der Waals surface area contributed by atoms with E-state index in [1.54, 1.807) is 0 Å². The van der Waals surface area contributed by atoms with Crippen LogP contribution in [0.15, 0.2) is 285 Å². The first-order valence-electron chi connectivity index (χ1n) is 31.9. The third kappa shape index (κ3) is 8.33. The summed E-state index contributed by atoms with van der Waals surface area (Å²) in [5.41, 5.74) is 25.6. The molecule has 1 aliphatic carbocycles. The molecule has 0 unspecified atom stereocenters. The number of hydrogen-bond acceptors (Lipinski definition) is 7. The maximum atomic E-state index is 7.79. The molecular weight excluding hydrogens is 1120 g/mol. The first-order chi connectivity index (χ1) is 44.6. The normalized spacial score (nSPS) is 14.9. The largest absolute Gasteiger partial charge is 0.458 e. The first kappa shape index (κ1) is 53.5. The molecule has 0 bridgehead atoms. The molecule has 0 spiro atoms. The summed E-state index contributed by atoms with van der Waals surface area (Å²) in [4.78, 5) is 12.5. The lowest BCUT2D eigenvalue weighted by Crippen LogP contribution is -2.64. The minimum atomic E-state index is -0.176. The zero-order valence-electron chi connectivity index (χ0n) is 51.3. The van der Waals surface area contributed by atoms with Crippen LogP contribution < -0.4 is 62.0 Å². The minimum Gasteiger partial charge on any atom is -0.458 e. The van der Waals surface area contributed by atoms with Crippen molar-refractivity contribution in [3.05, 3.63) is 296 Å². The molecule has 91 heavy (non-hydrogen) atoms. The Labute approximate surface area is 537 Å². The molecule has 18 rings (SSSR count). The summed E-state index contributed by atoms with van der Waals surface area (Å²) in [5.74, 6) is 1.68. The molecule has 0 saturated carbocycles. The third-order valence-electron chi connectivity index (χ3n) is 20.1. The van der Waals surface area contributed by atoms with Gasteiger partial charge in [-0.05, 0) is 188 Å². The predicted molar refractivity (Wildman–Crippen MR) is 386 cm³/mol. The van der Waals surface area contributed by atoms with Crippen molar-refractivity contribution in [3.63, 3.8) is 0 Å². The average molecular weight is 1190 g/mol. The topological polar surface area (TPSA) is 25.4 Å². The summed E-state index contributed by atoms with van der Waals surface area (Å²) in [5, 5.41) is 2.53. The van der Waals surface area contributed by atoms with Crippen molar-refractivity contribution in [1.82, 2.24) is 0 Å². The fourth-order valence-electron chi connectivity index (χ4n) is 15.8. The molecule has 4 aliphatic heterocycles. The second-order valence-corrected chi connectivity index (χ2v) is 27.3. The molecule has 5 heterocycles. The zero-order chi connectivity index (χ0) is 60.7. The summed E-state index contributed by atoms with van der Waals surface area (Å²) >= 11 is 1.92. The molecule has 434 valence electrons. The maximum absolute atomic E-state index is 7.79. The molecule has 0 fully saturated rings. The fraction of sp³-hybridized carbons (Fsp3) is 0.0976. The molecular formula is C82H63B2N5OS. The second kappa shape index (κ2) is 20.5. The Kier molecular flexibility index (Phi) is 12.1. The standard InChI is InChI=1S/C82H63B2N5OS/c1-81(2)45-46-82(3,4)65-47-60(43-44-64(65)81)89-72-49-61(85(54-27-11-5-12-28-54)55-29-13-6-14-30-55)48-71-78(72)84(77-63-39-23-26-42-76(63)91-80(77)89)67-52-68-74(53-70(67)88(71)59-37-21-10-22-38-59)90-75-51-62(86(56-31-15-7-16-32-56)57-33-17-8-18-34-57)50-73-79(75)83(68)66-40-24-25-41-69(66)87(73)58-35-19-9-20-36-58/h5-44,47-53H,45-46H2,1-4H3. The lowest BCUT2D eigenvalue weighted by Gasteiger charge is -2.46. The van der Waals surface area contributed by atoms with Crippen LogP contribution in [0.5, 0.6) is 11.5 Å². The first-order valence-corrected chi connectivity index (χ1v) is 32.7. The van der Waals surface area contributed by atoms with Gasteiger partial charge in [-0.25, -0.2) is 0 Å². The smallest absolute Gasteiger partial charge is 0.256 e. The Hall–Kier alpha value is -10.5. The average Bonchev–Trinajstić information content (AvgIpc) is 1.58. The van der Waals surface area contributed by atoms with Crippen LogP contribution in [0.3, 0.4) is 0 Å². The van der Waals surface area contributed by atoms with Crippen LogP contribution in [-0.2, 0) is 10.8 Å². The van der Waals surface area contributed by atoms with E-state index in [2.05, 4.69) is 337 Å². The number of fused-ring (bicyclic) bond motifs is 11. The van der Waals surface area contributed by atoms with Gasteiger partial charge >= 0.3 is 0 Å². The minimum absolute atomic E-state index is 0.00975. The highest BCUT2D eigenvalue weighted by Crippen LogP contribution is 2.54. The van der Waals surface area contributed by atoms with Crippen molar-refractivity contribution < 1.29 is 4.74 Å². The highest BCUT2D eigenvalue weighted by molar-refractivity contribution is 7.26. The highest BCUT2D eigenvalue weighted by Gasteiger charge is 2.50. The number of thiophene rings is 1. The van der Waals surface area contributed by atoms with Gasteiger partial charge in [0.25, 0.3) is 13.4 Å². The van der Waals surface area contributed by atoms with Crippen LogP contribution in [0, 0.1) is 0 Å². The van der Waals surface area contributed by atoms with E-state index in [1.807, 2.05) is 11.3 Å². The van der Waals surface area contributed by atoms with Crippen molar-refractivity contribution in [2.24, 2.45) is 0 Å². The van der Waals surface area contributed by atoms with Crippen LogP contribution in [0.2, 0.25) is 0 Å². The van der Waals surface area contributed by atoms with Crippen LogP contribution in [0.25, 0.3) is 10.1 Å². The summed E-state index contributed by atoms with van der Waals surface area (Å²) < 4.78 is 9.06. The van der Waals surface area contributed by atoms with Crippen molar-refractivity contribution >= 4 is 152 Å². The fourth-order valence-corrected chi connectivity index (χ4v) is 17.0. The number of rotatable bonds is 9. The van der Waals surface area contributed by atoms with Gasteiger partial charge in [0.15, 0.2) is 0 Å². The van der Waals surface area contributed by atoms with E-state index in [0.29, 0.717) is 0 Å². The quantitative estimate of drug-likeness (QED) is 0.134. The maximum Gasteiger partial charge on any atom is 0.256 e. The van der Waals surface area contributed by atoms with Gasteiger partial charge in [0.1, 0.15) is 11.5 Å². The number of nitrogens with zero attached hydrogens (tertiary/aromatic N) is 5. The summed E-state index contributed by atoms with van der Waals surface area (Å²) in [6.07, 6.45) is 2.28. The van der Waals surface area contributed by atoms with Crippen molar-refractivity contribution in [2.75, 3.05) is 24.5 Å². The Bertz CT molecular complexity index is 4950. The molecule has 0 atom stereocenters. The van der Waals surface area contributed by atoms with Gasteiger partial charge in [-0.15, -0.1) is 11.3 Å². The van der Waals surface area contributed by atoms with Crippen molar-refractivity contribution in [2.45, 2.75) is 51.4 Å². The van der Waals surface area contributed by atoms with E-state index in [0.717, 1.165) is 104 Å². The van der Waals surface area contributed by atoms with E-state index in [-0.39, 0.29) is 24.3 Å². The number of hydrogen-bond donors (Lipinski definition) is 0. The Morgan fingerprint density at radius 1 is 0.341 bits per heavy atom. The summed E-state index contributed by atoms with van der Waals surface area (Å²) in [7, 11) is 0. The van der Waals surface area contributed by atoms with Gasteiger partial charge in [-0.1, -0.05) is 185 Å². The monoisotopic (exact) mass is 1190 g/mol. The molecule has 12 aromatic carbocycles. The third-order valence-corrected chi connectivity index (χ3v) is 21.2. The Balaban J connectivity index is 0.938. The van der Waals surface area contributed by atoms with E-state index >= 15 is 0 Å². The van der Waals surface area contributed by atoms with Gasteiger partial charge in [0.2, 0.25) is 0 Å². The Morgan fingerprint density at radius 2 is 0.824 bits per heavy atom. The van der Waals surface area contributed by atoms with E-state index < -0.39 is 0 Å². The van der Waals surface area contributed by atoms with Crippen LogP contribution in [0.1, 0.15) is 51.7 Å². The molecule has 1 aromatic heterocycles. The SMILES string of the molecule is CC1(C)CCC(C)(C)c2cc(N3c4cc(N(c5ccccc5)c5ccccc5)cc5c4B(c4cc6c(cc4N5c4ccccc4)Oc4cc(N(c5ccccc5)c5ccccc5)cc5c4B6c4ccccc4N5c4ccccc4)c4c3sc3ccccc43)ccc21. The van der Waals surface area contributed by atoms with E-state index in [1.165, 1.54) is 59.4 Å². The molecule has 9 heteroatoms. The highest BCUT2D eigenvalue weighted by atomic mass is 32.1. The van der Waals surface area contributed by atoms with Gasteiger partial charge < -0.3 is 29.2 Å². The van der Waals surface area contributed by atoms with Crippen LogP contribution >= 0.6 is 11.3 Å². The van der Waals surface area contributed by atoms with E-state index in [4.69, 9.17) is 4.74 Å². The van der Waals surface area contributed by atoms with Gasteiger partial charge in [-0.3, -0.25) is 0 Å². The van der Waals surface area contributed by atoms with Crippen molar-refractivity contribution in [3.8, 4) is 11.5 Å². The van der Waals surface area contributed by atoms with E-state index in [9.17, 15) is 0 Å². The Morgan fingerprint density at radius 3 is 1.42 bits per heavy atom. The number of ether oxygens (including phenoxy) is 1. The molecule has 0 amide bonds. The summed E-state index contributed by atoms with van der Waals surface area (Å²) in [6, 6.07) is 105. The second-order valence-electron chi connectivity index (χ2n) is 26.3. The molecule has 13 aromatic rings. The lowest BCUT2D eigenvalue weighted by atomic mass is 9.30. The number of anilines is 15. The van der Waals surface area contributed by atoms with Crippen LogP contribution in [0.4, 0.5) is 84.6 Å². The zero-order valence-corrected chi connectivity index (χ0v) is 52.1. The lowest BCUT2D eigenvalue weighted by molar-refractivity contribution is 0.332. The van der Waals surface area contributed by atoms with Gasteiger partial charge in [0, 0.05) is 85.1 Å². The number of benzene rings is 12. The molecule has 6 nitrogen and oxygen atoms in total. The van der Waals surface area contributed by atoms with Crippen molar-refractivity contribution in [1.29, 1.82) is 0 Å². The molecule has 0 N–H and O–H groups in total. The summed E-state index contributed by atoms with van der Waals surface area (Å²) in [6.45, 7) is 9.43. The molecule has 0 saturated heterocycles. The molecule has 5 aliphatic rings. The van der Waals surface area contributed by atoms with Crippen LogP contribution in [-0.4, -0.2) is 13.4 Å². The van der Waals surface area contributed by atoms with Gasteiger partial charge in [0.05, 0.1) is 16.4 Å². The molecule has 0 radical (unpaired) electrons. The number of para-hydroxylation sites is 7.